The lowest BCUT2D eigenvalue weighted by atomic mass is 9.99. The highest BCUT2D eigenvalue weighted by Gasteiger charge is 2.54. The first-order chi connectivity index (χ1) is 7.41. The molecule has 0 aromatic rings. The van der Waals surface area contributed by atoms with Crippen LogP contribution < -0.4 is 11.1 Å². The molecule has 0 bridgehead atoms. The van der Waals surface area contributed by atoms with Gasteiger partial charge in [-0.15, -0.1) is 0 Å². The van der Waals surface area contributed by atoms with Crippen molar-refractivity contribution in [3.05, 3.63) is 0 Å². The van der Waals surface area contributed by atoms with Crippen molar-refractivity contribution in [2.24, 2.45) is 11.7 Å². The summed E-state index contributed by atoms with van der Waals surface area (Å²) in [6, 6.07) is -1.41. The maximum Gasteiger partial charge on any atom is 0.415 e. The largest absolute Gasteiger partial charge is 0.480 e. The van der Waals surface area contributed by atoms with E-state index in [2.05, 4.69) is 0 Å². The third-order valence-corrected chi connectivity index (χ3v) is 2.28. The molecule has 0 heterocycles. The van der Waals surface area contributed by atoms with E-state index in [1.54, 1.807) is 5.32 Å². The van der Waals surface area contributed by atoms with E-state index >= 15 is 0 Å². The molecule has 0 spiro atoms. The predicted molar refractivity (Wildman–Crippen MR) is 53.1 cm³/mol. The Hall–Kier alpha value is -1.31. The highest BCUT2D eigenvalue weighted by molar-refractivity contribution is 5.90. The number of aliphatic carboxylic acids is 1. The summed E-state index contributed by atoms with van der Waals surface area (Å²) < 4.78 is 37.2. The molecule has 0 aromatic heterocycles. The van der Waals surface area contributed by atoms with Gasteiger partial charge in [0.05, 0.1) is 0 Å². The van der Waals surface area contributed by atoms with Gasteiger partial charge < -0.3 is 16.2 Å². The van der Waals surface area contributed by atoms with Crippen molar-refractivity contribution in [2.45, 2.75) is 38.5 Å². The van der Waals surface area contributed by atoms with E-state index in [1.165, 1.54) is 13.8 Å². The van der Waals surface area contributed by atoms with Gasteiger partial charge in [-0.05, 0) is 12.8 Å². The van der Waals surface area contributed by atoms with Crippen LogP contribution in [0.15, 0.2) is 0 Å². The Morgan fingerprint density at radius 1 is 1.29 bits per heavy atom. The number of halogens is 3. The van der Waals surface area contributed by atoms with E-state index in [-0.39, 0.29) is 0 Å². The summed E-state index contributed by atoms with van der Waals surface area (Å²) in [6.07, 6.45) is -4.95. The summed E-state index contributed by atoms with van der Waals surface area (Å²) in [7, 11) is 0. The summed E-state index contributed by atoms with van der Waals surface area (Å²) >= 11 is 0. The highest BCUT2D eigenvalue weighted by atomic mass is 19.4. The lowest BCUT2D eigenvalue weighted by Crippen LogP contribution is -2.64. The van der Waals surface area contributed by atoms with Crippen molar-refractivity contribution in [2.75, 3.05) is 0 Å². The van der Waals surface area contributed by atoms with Crippen LogP contribution in [0.5, 0.6) is 0 Å². The standard InChI is InChI=1S/C9H15F3N2O3/c1-4(2)5(6(15)16)14-7(17)8(3,13)9(10,11)12/h4-5H,13H2,1-3H3,(H,14,17)(H,15,16)/t5-,8?/m1/s1. The molecule has 100 valence electrons. The molecule has 5 nitrogen and oxygen atoms in total. The van der Waals surface area contributed by atoms with Crippen LogP contribution in [0.4, 0.5) is 13.2 Å². The summed E-state index contributed by atoms with van der Waals surface area (Å²) in [4.78, 5) is 22.0. The third-order valence-electron chi connectivity index (χ3n) is 2.28. The van der Waals surface area contributed by atoms with Gasteiger partial charge in [-0.2, -0.15) is 13.2 Å². The number of hydrogen-bond donors (Lipinski definition) is 3. The fourth-order valence-electron chi connectivity index (χ4n) is 0.933. The molecule has 0 saturated carbocycles. The number of carbonyl (C=O) groups is 2. The normalized spacial score (nSPS) is 17.4. The van der Waals surface area contributed by atoms with Crippen molar-refractivity contribution in [3.63, 3.8) is 0 Å². The summed E-state index contributed by atoms with van der Waals surface area (Å²) in [6.45, 7) is 3.41. The van der Waals surface area contributed by atoms with Gasteiger partial charge in [-0.3, -0.25) is 4.79 Å². The minimum Gasteiger partial charge on any atom is -0.480 e. The summed E-state index contributed by atoms with van der Waals surface area (Å²) in [5.41, 5.74) is 1.74. The Morgan fingerprint density at radius 3 is 1.94 bits per heavy atom. The topological polar surface area (TPSA) is 92.4 Å². The molecule has 17 heavy (non-hydrogen) atoms. The van der Waals surface area contributed by atoms with Crippen LogP contribution >= 0.6 is 0 Å². The molecular weight excluding hydrogens is 241 g/mol. The van der Waals surface area contributed by atoms with Crippen LogP contribution in [0.25, 0.3) is 0 Å². The van der Waals surface area contributed by atoms with Gasteiger partial charge in [-0.1, -0.05) is 13.8 Å². The third kappa shape index (κ3) is 3.58. The summed E-state index contributed by atoms with van der Waals surface area (Å²) in [5.74, 6) is -3.53. The van der Waals surface area contributed by atoms with E-state index in [0.717, 1.165) is 0 Å². The van der Waals surface area contributed by atoms with Gasteiger partial charge in [0.2, 0.25) is 5.91 Å². The van der Waals surface area contributed by atoms with Gasteiger partial charge >= 0.3 is 12.1 Å². The van der Waals surface area contributed by atoms with E-state index in [1.807, 2.05) is 0 Å². The zero-order chi connectivity index (χ0) is 14.0. The molecule has 0 aliphatic carbocycles. The van der Waals surface area contributed by atoms with E-state index in [4.69, 9.17) is 10.8 Å². The Kier molecular flexibility index (Phi) is 4.53. The van der Waals surface area contributed by atoms with E-state index in [9.17, 15) is 22.8 Å². The molecule has 1 unspecified atom stereocenters. The fourth-order valence-corrected chi connectivity index (χ4v) is 0.933. The first-order valence-corrected chi connectivity index (χ1v) is 4.80. The molecule has 0 aliphatic rings. The first kappa shape index (κ1) is 15.7. The van der Waals surface area contributed by atoms with Crippen LogP contribution in [0, 0.1) is 5.92 Å². The number of amides is 1. The fraction of sp³-hybridized carbons (Fsp3) is 0.778. The number of hydrogen-bond acceptors (Lipinski definition) is 3. The highest BCUT2D eigenvalue weighted by Crippen LogP contribution is 2.28. The minimum absolute atomic E-state index is 0.488. The first-order valence-electron chi connectivity index (χ1n) is 4.80. The van der Waals surface area contributed by atoms with Crippen molar-refractivity contribution < 1.29 is 27.9 Å². The zero-order valence-electron chi connectivity index (χ0n) is 9.63. The maximum absolute atomic E-state index is 12.4. The smallest absolute Gasteiger partial charge is 0.415 e. The molecule has 1 amide bonds. The molecule has 2 atom stereocenters. The predicted octanol–water partition coefficient (Wildman–Crippen LogP) is 0.491. The number of carboxylic acids is 1. The number of rotatable bonds is 4. The Bertz CT molecular complexity index is 313. The van der Waals surface area contributed by atoms with Crippen molar-refractivity contribution in [1.29, 1.82) is 0 Å². The van der Waals surface area contributed by atoms with Crippen LogP contribution in [0.1, 0.15) is 20.8 Å². The zero-order valence-corrected chi connectivity index (χ0v) is 9.63. The maximum atomic E-state index is 12.4. The molecule has 0 fully saturated rings. The van der Waals surface area contributed by atoms with Gasteiger partial charge in [0.25, 0.3) is 0 Å². The molecule has 8 heteroatoms. The van der Waals surface area contributed by atoms with E-state index in [0.29, 0.717) is 6.92 Å². The van der Waals surface area contributed by atoms with Crippen molar-refractivity contribution in [1.82, 2.24) is 5.32 Å². The number of carbonyl (C=O) groups excluding carboxylic acids is 1. The number of nitrogens with one attached hydrogen (secondary N) is 1. The van der Waals surface area contributed by atoms with Gasteiger partial charge in [0.1, 0.15) is 6.04 Å². The average molecular weight is 256 g/mol. The second-order valence-corrected chi connectivity index (χ2v) is 4.23. The Labute approximate surface area is 96.2 Å². The van der Waals surface area contributed by atoms with Gasteiger partial charge in [0.15, 0.2) is 5.54 Å². The van der Waals surface area contributed by atoms with E-state index < -0.39 is 35.6 Å². The molecule has 0 saturated heterocycles. The second-order valence-electron chi connectivity index (χ2n) is 4.23. The van der Waals surface area contributed by atoms with Crippen molar-refractivity contribution in [3.8, 4) is 0 Å². The quantitative estimate of drug-likeness (QED) is 0.682. The molecular formula is C9H15F3N2O3. The SMILES string of the molecule is CC(C)[C@@H](NC(=O)C(C)(N)C(F)(F)F)C(=O)O. The summed E-state index contributed by atoms with van der Waals surface area (Å²) in [5, 5.41) is 10.5. The Balaban J connectivity index is 4.92. The van der Waals surface area contributed by atoms with Gasteiger partial charge in [0, 0.05) is 0 Å². The number of nitrogens with two attached hydrogens (primary N) is 1. The average Bonchev–Trinajstić information content (AvgIpc) is 2.10. The molecule has 0 rings (SSSR count). The lowest BCUT2D eigenvalue weighted by molar-refractivity contribution is -0.188. The van der Waals surface area contributed by atoms with Crippen LogP contribution in [-0.4, -0.2) is 34.7 Å². The van der Waals surface area contributed by atoms with Crippen molar-refractivity contribution >= 4 is 11.9 Å². The van der Waals surface area contributed by atoms with Crippen LogP contribution in [0.3, 0.4) is 0 Å². The molecule has 0 aromatic carbocycles. The molecule has 0 radical (unpaired) electrons. The number of alkyl halides is 3. The second kappa shape index (κ2) is 4.91. The monoisotopic (exact) mass is 256 g/mol. The number of carboxylic acid groups (broad SMARTS) is 1. The minimum atomic E-state index is -4.95. The van der Waals surface area contributed by atoms with Crippen LogP contribution in [0.2, 0.25) is 0 Å². The van der Waals surface area contributed by atoms with Gasteiger partial charge in [-0.25, -0.2) is 4.79 Å². The van der Waals surface area contributed by atoms with Crippen LogP contribution in [-0.2, 0) is 9.59 Å². The molecule has 0 aliphatic heterocycles. The molecule has 4 N–H and O–H groups in total. The Morgan fingerprint density at radius 2 is 1.71 bits per heavy atom. The lowest BCUT2D eigenvalue weighted by Gasteiger charge is -2.28.